The third kappa shape index (κ3) is 3.87. The number of fused-ring (bicyclic) bond motifs is 2. The number of benzene rings is 2. The Balaban J connectivity index is 1.29. The largest absolute Gasteiger partial charge is 0.481 e. The molecule has 0 aliphatic carbocycles. The number of carbonyl (C=O) groups is 1. The Kier molecular flexibility index (Phi) is 4.98. The van der Waals surface area contributed by atoms with Crippen LogP contribution in [0.5, 0.6) is 23.1 Å². The number of nitrogens with one attached hydrogen (secondary N) is 1. The predicted octanol–water partition coefficient (Wildman–Crippen LogP) is 3.54. The zero-order valence-corrected chi connectivity index (χ0v) is 17.4. The summed E-state index contributed by atoms with van der Waals surface area (Å²) in [6, 6.07) is 16.2. The van der Waals surface area contributed by atoms with Crippen LogP contribution in [0.15, 0.2) is 60.8 Å². The van der Waals surface area contributed by atoms with Crippen LogP contribution in [0.1, 0.15) is 6.92 Å². The molecule has 0 spiro atoms. The molecule has 0 fully saturated rings. The molecule has 0 bridgehead atoms. The fourth-order valence-electron chi connectivity index (χ4n) is 3.32. The van der Waals surface area contributed by atoms with E-state index in [0.29, 0.717) is 34.5 Å². The van der Waals surface area contributed by atoms with Crippen LogP contribution >= 0.6 is 0 Å². The fraction of sp³-hybridized carbons (Fsp3) is 0.174. The van der Waals surface area contributed by atoms with Gasteiger partial charge in [0.05, 0.1) is 19.0 Å². The highest BCUT2D eigenvalue weighted by Gasteiger charge is 2.19. The second-order valence-corrected chi connectivity index (χ2v) is 7.15. The van der Waals surface area contributed by atoms with Crippen molar-refractivity contribution in [1.29, 1.82) is 0 Å². The first-order valence-electron chi connectivity index (χ1n) is 9.97. The minimum absolute atomic E-state index is 0.182. The SMILES string of the molecule is COc1ccc2nc(-c3cccc(NC(=O)[C@H](C)Oc4ccc5c(c4)OCO5)c3)cn2n1. The normalized spacial score (nSPS) is 13.1. The summed E-state index contributed by atoms with van der Waals surface area (Å²) in [7, 11) is 1.56. The van der Waals surface area contributed by atoms with Gasteiger partial charge in [0.2, 0.25) is 12.7 Å². The number of hydrogen-bond donors (Lipinski definition) is 1. The number of nitrogens with zero attached hydrogens (tertiary/aromatic N) is 3. The number of amides is 1. The maximum atomic E-state index is 12.7. The Morgan fingerprint density at radius 3 is 2.88 bits per heavy atom. The lowest BCUT2D eigenvalue weighted by Crippen LogP contribution is -2.30. The van der Waals surface area contributed by atoms with Gasteiger partial charge in [0, 0.05) is 23.4 Å². The van der Waals surface area contributed by atoms with Gasteiger partial charge in [-0.3, -0.25) is 4.79 Å². The predicted molar refractivity (Wildman–Crippen MR) is 116 cm³/mol. The second kappa shape index (κ2) is 8.10. The van der Waals surface area contributed by atoms with Crippen LogP contribution in [0, 0.1) is 0 Å². The third-order valence-electron chi connectivity index (χ3n) is 4.96. The van der Waals surface area contributed by atoms with E-state index in [1.165, 1.54) is 0 Å². The molecule has 0 saturated carbocycles. The van der Waals surface area contributed by atoms with E-state index < -0.39 is 6.10 Å². The number of rotatable bonds is 6. The summed E-state index contributed by atoms with van der Waals surface area (Å²) in [5.74, 6) is 2.01. The summed E-state index contributed by atoms with van der Waals surface area (Å²) < 4.78 is 23.2. The van der Waals surface area contributed by atoms with Crippen molar-refractivity contribution < 1.29 is 23.7 Å². The van der Waals surface area contributed by atoms with Crippen molar-refractivity contribution in [3.63, 3.8) is 0 Å². The van der Waals surface area contributed by atoms with Gasteiger partial charge in [-0.05, 0) is 37.3 Å². The third-order valence-corrected chi connectivity index (χ3v) is 4.96. The molecule has 1 aliphatic rings. The Labute approximate surface area is 183 Å². The van der Waals surface area contributed by atoms with E-state index in [9.17, 15) is 4.79 Å². The summed E-state index contributed by atoms with van der Waals surface area (Å²) in [5.41, 5.74) is 2.90. The number of aromatic nitrogens is 3. The zero-order chi connectivity index (χ0) is 22.1. The van der Waals surface area contributed by atoms with Crippen molar-refractivity contribution in [1.82, 2.24) is 14.6 Å². The summed E-state index contributed by atoms with van der Waals surface area (Å²) in [4.78, 5) is 17.3. The first kappa shape index (κ1) is 19.7. The van der Waals surface area contributed by atoms with Crippen molar-refractivity contribution in [2.75, 3.05) is 19.2 Å². The van der Waals surface area contributed by atoms with Crippen LogP contribution in [0.3, 0.4) is 0 Å². The Hall–Kier alpha value is -4.27. The smallest absolute Gasteiger partial charge is 0.265 e. The first-order valence-corrected chi connectivity index (χ1v) is 9.97. The van der Waals surface area contributed by atoms with Gasteiger partial charge >= 0.3 is 0 Å². The van der Waals surface area contributed by atoms with Crippen molar-refractivity contribution in [2.24, 2.45) is 0 Å². The molecule has 3 heterocycles. The van der Waals surface area contributed by atoms with Crippen molar-refractivity contribution in [2.45, 2.75) is 13.0 Å². The summed E-state index contributed by atoms with van der Waals surface area (Å²) in [6.45, 7) is 1.87. The molecule has 9 heteroatoms. The lowest BCUT2D eigenvalue weighted by molar-refractivity contribution is -0.122. The number of hydrogen-bond acceptors (Lipinski definition) is 7. The van der Waals surface area contributed by atoms with Crippen LogP contribution in [0.2, 0.25) is 0 Å². The van der Waals surface area contributed by atoms with E-state index >= 15 is 0 Å². The molecule has 0 unspecified atom stereocenters. The van der Waals surface area contributed by atoms with Gasteiger partial charge in [0.25, 0.3) is 5.91 Å². The molecule has 1 N–H and O–H groups in total. The number of ether oxygens (including phenoxy) is 4. The summed E-state index contributed by atoms with van der Waals surface area (Å²) in [5, 5.41) is 7.21. The Morgan fingerprint density at radius 2 is 2.00 bits per heavy atom. The minimum atomic E-state index is -0.717. The maximum absolute atomic E-state index is 12.7. The van der Waals surface area contributed by atoms with E-state index in [1.54, 1.807) is 42.8 Å². The lowest BCUT2D eigenvalue weighted by atomic mass is 10.1. The van der Waals surface area contributed by atoms with Crippen LogP contribution in [0.4, 0.5) is 5.69 Å². The monoisotopic (exact) mass is 432 g/mol. The van der Waals surface area contributed by atoms with Gasteiger partial charge in [-0.25, -0.2) is 9.50 Å². The standard InChI is InChI=1S/C23H20N4O5/c1-14(32-17-6-7-19-20(11-17)31-13-30-19)23(28)24-16-5-3-4-15(10-16)18-12-27-21(25-18)8-9-22(26-27)29-2/h3-12,14H,13H2,1-2H3,(H,24,28)/t14-/m0/s1. The first-order chi connectivity index (χ1) is 15.6. The molecular formula is C23H20N4O5. The highest BCUT2D eigenvalue weighted by atomic mass is 16.7. The number of methoxy groups -OCH3 is 1. The molecule has 1 amide bonds. The van der Waals surface area contributed by atoms with Gasteiger partial charge < -0.3 is 24.3 Å². The van der Waals surface area contributed by atoms with Gasteiger partial charge in [0.15, 0.2) is 23.3 Å². The molecule has 32 heavy (non-hydrogen) atoms. The van der Waals surface area contributed by atoms with E-state index in [1.807, 2.05) is 36.5 Å². The molecule has 4 aromatic rings. The van der Waals surface area contributed by atoms with Gasteiger partial charge in [-0.1, -0.05) is 12.1 Å². The van der Waals surface area contributed by atoms with Gasteiger partial charge in [-0.15, -0.1) is 5.10 Å². The Morgan fingerprint density at radius 1 is 1.12 bits per heavy atom. The van der Waals surface area contributed by atoms with Gasteiger partial charge in [0.1, 0.15) is 5.75 Å². The highest BCUT2D eigenvalue weighted by molar-refractivity contribution is 5.94. The number of carbonyl (C=O) groups excluding carboxylic acids is 1. The van der Waals surface area contributed by atoms with E-state index in [2.05, 4.69) is 15.4 Å². The number of imidazole rings is 1. The molecule has 0 saturated heterocycles. The summed E-state index contributed by atoms with van der Waals surface area (Å²) >= 11 is 0. The molecule has 9 nitrogen and oxygen atoms in total. The van der Waals surface area contributed by atoms with Crippen molar-refractivity contribution in [3.8, 4) is 34.4 Å². The molecule has 1 aliphatic heterocycles. The van der Waals surface area contributed by atoms with E-state index in [4.69, 9.17) is 18.9 Å². The van der Waals surface area contributed by atoms with Crippen molar-refractivity contribution in [3.05, 3.63) is 60.8 Å². The van der Waals surface area contributed by atoms with Crippen LogP contribution in [-0.4, -0.2) is 40.5 Å². The van der Waals surface area contributed by atoms with Crippen LogP contribution < -0.4 is 24.3 Å². The maximum Gasteiger partial charge on any atom is 0.265 e. The number of anilines is 1. The lowest BCUT2D eigenvalue weighted by Gasteiger charge is -2.15. The Bertz CT molecular complexity index is 1300. The molecule has 2 aromatic heterocycles. The molecule has 5 rings (SSSR count). The van der Waals surface area contributed by atoms with E-state index in [-0.39, 0.29) is 12.7 Å². The minimum Gasteiger partial charge on any atom is -0.481 e. The fourth-order valence-corrected chi connectivity index (χ4v) is 3.32. The highest BCUT2D eigenvalue weighted by Crippen LogP contribution is 2.35. The molecule has 0 radical (unpaired) electrons. The van der Waals surface area contributed by atoms with Crippen LogP contribution in [0.25, 0.3) is 16.9 Å². The zero-order valence-electron chi connectivity index (χ0n) is 17.4. The topological polar surface area (TPSA) is 96.2 Å². The average Bonchev–Trinajstić information content (AvgIpc) is 3.45. The molecular weight excluding hydrogens is 412 g/mol. The van der Waals surface area contributed by atoms with Crippen molar-refractivity contribution >= 4 is 17.2 Å². The van der Waals surface area contributed by atoms with E-state index in [0.717, 1.165) is 11.3 Å². The average molecular weight is 432 g/mol. The van der Waals surface area contributed by atoms with Gasteiger partial charge in [-0.2, -0.15) is 0 Å². The molecule has 162 valence electrons. The molecule has 1 atom stereocenters. The van der Waals surface area contributed by atoms with Crippen LogP contribution in [-0.2, 0) is 4.79 Å². The second-order valence-electron chi connectivity index (χ2n) is 7.15. The quantitative estimate of drug-likeness (QED) is 0.498. The summed E-state index contributed by atoms with van der Waals surface area (Å²) in [6.07, 6.45) is 1.09. The molecule has 2 aromatic carbocycles.